The van der Waals surface area contributed by atoms with E-state index >= 15 is 0 Å². The smallest absolute Gasteiger partial charge is 0.137 e. The van der Waals surface area contributed by atoms with Gasteiger partial charge in [0.1, 0.15) is 42.6 Å². The number of rotatable bonds is 7. The molecule has 0 saturated carbocycles. The third-order valence-electron chi connectivity index (χ3n) is 14.6. The van der Waals surface area contributed by atoms with Gasteiger partial charge in [-0.3, -0.25) is 0 Å². The van der Waals surface area contributed by atoms with E-state index in [0.29, 0.717) is 22.0 Å². The van der Waals surface area contributed by atoms with Crippen LogP contribution < -0.4 is 26.8 Å². The summed E-state index contributed by atoms with van der Waals surface area (Å²) in [7, 11) is 26.0. The Morgan fingerprint density at radius 2 is 0.812 bits per heavy atom. The molecule has 2 aliphatic rings. The fourth-order valence-corrected chi connectivity index (χ4v) is 12.8. The predicted molar refractivity (Wildman–Crippen MR) is 290 cm³/mol. The highest BCUT2D eigenvalue weighted by atomic mass is 32.2. The summed E-state index contributed by atoms with van der Waals surface area (Å²) in [5.41, 5.74) is 16.0. The van der Waals surface area contributed by atoms with Crippen molar-refractivity contribution in [3.8, 4) is 11.1 Å². The summed E-state index contributed by atoms with van der Waals surface area (Å²) in [5, 5.41) is 1.45. The summed E-state index contributed by atoms with van der Waals surface area (Å²) >= 11 is 1.82. The first-order valence-corrected chi connectivity index (χ1v) is 24.0. The molecule has 11 aromatic rings. The van der Waals surface area contributed by atoms with Crippen LogP contribution in [0.5, 0.6) is 0 Å². The molecule has 7 heteroatoms. The molecule has 10 aromatic carbocycles. The molecular weight excluding hydrogens is 850 g/mol. The molecule has 0 atom stereocenters. The molecule has 2 nitrogen and oxygen atoms in total. The molecule has 8 radical (unpaired) electrons. The Kier molecular flexibility index (Phi) is 9.65. The van der Waals surface area contributed by atoms with Gasteiger partial charge in [-0.1, -0.05) is 193 Å². The molecule has 0 fully saturated rings. The van der Waals surface area contributed by atoms with Crippen molar-refractivity contribution >= 4 is 104 Å². The van der Waals surface area contributed by atoms with Crippen molar-refractivity contribution < 1.29 is 4.42 Å². The van der Waals surface area contributed by atoms with Crippen LogP contribution >= 0.6 is 11.8 Å². The molecule has 13 rings (SSSR count). The fourth-order valence-electron chi connectivity index (χ4n) is 11.6. The summed E-state index contributed by atoms with van der Waals surface area (Å²) in [5.74, 6) is 0. The van der Waals surface area contributed by atoms with Gasteiger partial charge in [-0.25, -0.2) is 0 Å². The van der Waals surface area contributed by atoms with Crippen LogP contribution in [-0.4, -0.2) is 31.4 Å². The van der Waals surface area contributed by atoms with Gasteiger partial charge in [-0.15, -0.1) is 10.9 Å². The number of furan rings is 1. The number of anilines is 3. The van der Waals surface area contributed by atoms with E-state index in [0.717, 1.165) is 22.4 Å². The molecule has 1 aliphatic carbocycles. The number of hydrogen-bond donors (Lipinski definition) is 0. The third-order valence-corrected chi connectivity index (χ3v) is 15.7. The highest BCUT2D eigenvalue weighted by molar-refractivity contribution is 7.99. The zero-order valence-corrected chi connectivity index (χ0v) is 38.3. The van der Waals surface area contributed by atoms with Gasteiger partial charge >= 0.3 is 0 Å². The Morgan fingerprint density at radius 3 is 1.42 bits per heavy atom. The van der Waals surface area contributed by atoms with Crippen LogP contribution in [0.15, 0.2) is 239 Å². The molecule has 314 valence electrons. The minimum Gasteiger partial charge on any atom is -0.457 e. The van der Waals surface area contributed by atoms with Crippen LogP contribution in [0.4, 0.5) is 17.1 Å². The van der Waals surface area contributed by atoms with E-state index in [9.17, 15) is 0 Å². The Labute approximate surface area is 411 Å². The first-order chi connectivity index (χ1) is 33.9. The fraction of sp³-hybridized carbons (Fsp3) is 0.0323. The molecule has 0 unspecified atom stereocenters. The molecule has 1 aliphatic heterocycles. The second-order valence-electron chi connectivity index (χ2n) is 18.0. The highest BCUT2D eigenvalue weighted by Crippen LogP contribution is 2.58. The second kappa shape index (κ2) is 16.0. The van der Waals surface area contributed by atoms with Crippen molar-refractivity contribution in [1.29, 1.82) is 0 Å². The van der Waals surface area contributed by atoms with Crippen LogP contribution in [-0.2, 0) is 10.8 Å². The van der Waals surface area contributed by atoms with Crippen molar-refractivity contribution in [2.75, 3.05) is 4.90 Å². The Morgan fingerprint density at radius 1 is 0.362 bits per heavy atom. The minimum absolute atomic E-state index is 0.218. The van der Waals surface area contributed by atoms with Crippen molar-refractivity contribution in [3.63, 3.8) is 0 Å². The van der Waals surface area contributed by atoms with Crippen molar-refractivity contribution in [1.82, 2.24) is 0 Å². The van der Waals surface area contributed by atoms with Crippen LogP contribution in [0.3, 0.4) is 0 Å². The minimum atomic E-state index is -0.631. The van der Waals surface area contributed by atoms with E-state index in [1.807, 2.05) is 17.8 Å². The van der Waals surface area contributed by atoms with Crippen molar-refractivity contribution in [3.05, 3.63) is 269 Å². The Bertz CT molecular complexity index is 3730. The van der Waals surface area contributed by atoms with E-state index in [1.165, 1.54) is 65.4 Å². The second-order valence-corrected chi connectivity index (χ2v) is 19.1. The average Bonchev–Trinajstić information content (AvgIpc) is 3.94. The van der Waals surface area contributed by atoms with E-state index < -0.39 is 10.8 Å². The molecule has 0 bridgehead atoms. The van der Waals surface area contributed by atoms with Crippen LogP contribution in [0, 0.1) is 0 Å². The summed E-state index contributed by atoms with van der Waals surface area (Å²) in [4.78, 5) is 4.75. The SMILES string of the molecule is [B]c1c([B])c([B])c2c(oc3cc(N(c4ccc(C5(c6ccccc6)c6ccccc6-c6ccccc65)cc4)c4ccc5c(c4)C(c4ccccc4)(c4ccccc4)c4ccccc4S5)ccc32)c1[B]. The lowest BCUT2D eigenvalue weighted by atomic mass is 9.64. The van der Waals surface area contributed by atoms with Gasteiger partial charge in [0, 0.05) is 43.7 Å². The third kappa shape index (κ3) is 6.00. The monoisotopic (exact) mass is 887 g/mol. The quantitative estimate of drug-likeness (QED) is 0.148. The first kappa shape index (κ1) is 41.6. The van der Waals surface area contributed by atoms with Gasteiger partial charge in [-0.05, 0) is 104 Å². The lowest BCUT2D eigenvalue weighted by Gasteiger charge is -2.42. The van der Waals surface area contributed by atoms with Gasteiger partial charge in [0.05, 0.1) is 10.8 Å². The number of benzene rings is 10. The van der Waals surface area contributed by atoms with Crippen LogP contribution in [0.25, 0.3) is 33.1 Å². The molecule has 0 amide bonds. The highest BCUT2D eigenvalue weighted by Gasteiger charge is 2.47. The Balaban J connectivity index is 1.06. The first-order valence-electron chi connectivity index (χ1n) is 23.2. The number of hydrogen-bond acceptors (Lipinski definition) is 3. The van der Waals surface area contributed by atoms with E-state index in [4.69, 9.17) is 35.8 Å². The number of fused-ring (bicyclic) bond motifs is 8. The van der Waals surface area contributed by atoms with Crippen molar-refractivity contribution in [2.45, 2.75) is 20.6 Å². The molecule has 0 spiro atoms. The maximum absolute atomic E-state index is 6.64. The molecule has 1 aromatic heterocycles. The Hall–Kier alpha value is -7.59. The van der Waals surface area contributed by atoms with Gasteiger partial charge in [0.25, 0.3) is 0 Å². The van der Waals surface area contributed by atoms with Crippen LogP contribution in [0.2, 0.25) is 0 Å². The van der Waals surface area contributed by atoms with Crippen molar-refractivity contribution in [2.24, 2.45) is 0 Å². The lowest BCUT2D eigenvalue weighted by molar-refractivity contribution is 0.672. The average molecular weight is 887 g/mol. The predicted octanol–water partition coefficient (Wildman–Crippen LogP) is 11.4. The maximum atomic E-state index is 6.64. The molecular formula is C62H37B4NOS. The normalized spacial score (nSPS) is 13.9. The summed E-state index contributed by atoms with van der Waals surface area (Å²) in [6, 6.07) is 81.6. The summed E-state index contributed by atoms with van der Waals surface area (Å²) in [6.07, 6.45) is 0. The largest absolute Gasteiger partial charge is 0.457 e. The standard InChI is InChI=1S/C62H37B4NOS/c63-56-55-47-34-32-44(37-52(47)68-60(55)59(66)58(65)57(56)64)67(42-30-28-41(29-31-42)61(38-16-4-1-5-17-38)48-24-12-10-22-45(48)46-23-11-13-25-49(46)61)43-33-35-54-51(36-43)62(39-18-6-2-7-19-39,40-20-8-3-9-21-40)50-26-14-15-27-53(50)69-54/h1-37H. The maximum Gasteiger partial charge on any atom is 0.137 e. The topological polar surface area (TPSA) is 16.4 Å². The van der Waals surface area contributed by atoms with Gasteiger partial charge in [0.15, 0.2) is 0 Å². The molecule has 2 heterocycles. The van der Waals surface area contributed by atoms with E-state index in [1.54, 1.807) is 0 Å². The molecule has 69 heavy (non-hydrogen) atoms. The van der Waals surface area contributed by atoms with Gasteiger partial charge in [-0.2, -0.15) is 0 Å². The zero-order chi connectivity index (χ0) is 46.4. The molecule has 0 N–H and O–H groups in total. The number of nitrogens with zero attached hydrogens (tertiary/aromatic N) is 1. The van der Waals surface area contributed by atoms with Gasteiger partial charge in [0.2, 0.25) is 0 Å². The lowest BCUT2D eigenvalue weighted by Crippen LogP contribution is -2.47. The zero-order valence-electron chi connectivity index (χ0n) is 37.4. The molecule has 0 saturated heterocycles. The van der Waals surface area contributed by atoms with Gasteiger partial charge < -0.3 is 9.32 Å². The van der Waals surface area contributed by atoms with Crippen LogP contribution in [0.1, 0.15) is 44.5 Å². The summed E-state index contributed by atoms with van der Waals surface area (Å²) < 4.78 is 6.59. The van der Waals surface area contributed by atoms with E-state index in [2.05, 4.69) is 223 Å². The summed E-state index contributed by atoms with van der Waals surface area (Å²) in [6.45, 7) is 0. The van der Waals surface area contributed by atoms with E-state index in [-0.39, 0.29) is 16.4 Å².